The standard InChI is InChI=1S/C13H18FNO5S/c1-20-12(17)13(9-16)7-2-8-15(13)21(18,19)11-5-3-10(14)4-6-11/h3-5,11,16H,2,6-9H2,1H3/t11?,13-/m1/s1. The molecule has 6 nitrogen and oxygen atoms in total. The van der Waals surface area contributed by atoms with Crippen LogP contribution in [0.1, 0.15) is 19.3 Å². The molecular formula is C13H18FNO5S. The topological polar surface area (TPSA) is 83.9 Å². The molecule has 118 valence electrons. The minimum absolute atomic E-state index is 0.00382. The molecule has 1 fully saturated rings. The molecule has 1 aliphatic heterocycles. The van der Waals surface area contributed by atoms with Gasteiger partial charge >= 0.3 is 5.97 Å². The van der Waals surface area contributed by atoms with Crippen molar-refractivity contribution in [1.29, 1.82) is 0 Å². The molecule has 0 aromatic carbocycles. The molecule has 1 N–H and O–H groups in total. The first-order valence-electron chi connectivity index (χ1n) is 6.63. The number of esters is 1. The van der Waals surface area contributed by atoms with E-state index in [1.807, 2.05) is 0 Å². The van der Waals surface area contributed by atoms with Crippen molar-refractivity contribution in [2.24, 2.45) is 0 Å². The van der Waals surface area contributed by atoms with Crippen molar-refractivity contribution in [3.8, 4) is 0 Å². The zero-order valence-electron chi connectivity index (χ0n) is 11.7. The third-order valence-electron chi connectivity index (χ3n) is 3.96. The summed E-state index contributed by atoms with van der Waals surface area (Å²) >= 11 is 0. The van der Waals surface area contributed by atoms with Gasteiger partial charge in [0.15, 0.2) is 5.54 Å². The van der Waals surface area contributed by atoms with Gasteiger partial charge in [0.1, 0.15) is 5.83 Å². The van der Waals surface area contributed by atoms with E-state index in [1.54, 1.807) is 0 Å². The normalized spacial score (nSPS) is 30.2. The molecule has 0 bridgehead atoms. The van der Waals surface area contributed by atoms with Gasteiger partial charge in [-0.2, -0.15) is 4.31 Å². The highest BCUT2D eigenvalue weighted by molar-refractivity contribution is 7.90. The first-order chi connectivity index (χ1) is 9.88. The molecule has 0 spiro atoms. The highest BCUT2D eigenvalue weighted by atomic mass is 32.2. The van der Waals surface area contributed by atoms with Gasteiger partial charge in [-0.25, -0.2) is 17.6 Å². The summed E-state index contributed by atoms with van der Waals surface area (Å²) in [5.74, 6) is -1.25. The van der Waals surface area contributed by atoms with E-state index in [1.165, 1.54) is 12.2 Å². The summed E-state index contributed by atoms with van der Waals surface area (Å²) in [6.07, 6.45) is 4.22. The van der Waals surface area contributed by atoms with Crippen LogP contribution < -0.4 is 0 Å². The molecule has 1 unspecified atom stereocenters. The lowest BCUT2D eigenvalue weighted by Crippen LogP contribution is -2.57. The van der Waals surface area contributed by atoms with E-state index >= 15 is 0 Å². The Morgan fingerprint density at radius 2 is 2.33 bits per heavy atom. The van der Waals surface area contributed by atoms with Crippen molar-refractivity contribution in [3.63, 3.8) is 0 Å². The maximum atomic E-state index is 13.0. The maximum absolute atomic E-state index is 13.0. The summed E-state index contributed by atoms with van der Waals surface area (Å²) in [4.78, 5) is 12.0. The van der Waals surface area contributed by atoms with Crippen LogP contribution in [-0.4, -0.2) is 54.8 Å². The number of ether oxygens (including phenoxy) is 1. The number of hydrogen-bond donors (Lipinski definition) is 1. The molecule has 0 saturated carbocycles. The van der Waals surface area contributed by atoms with Gasteiger partial charge in [-0.15, -0.1) is 0 Å². The van der Waals surface area contributed by atoms with E-state index in [-0.39, 0.29) is 19.4 Å². The molecular weight excluding hydrogens is 301 g/mol. The predicted molar refractivity (Wildman–Crippen MR) is 73.4 cm³/mol. The molecule has 2 aliphatic rings. The average Bonchev–Trinajstić information content (AvgIpc) is 2.92. The number of halogens is 1. The fourth-order valence-corrected chi connectivity index (χ4v) is 4.84. The van der Waals surface area contributed by atoms with Crippen molar-refractivity contribution in [2.45, 2.75) is 30.1 Å². The lowest BCUT2D eigenvalue weighted by atomic mass is 9.99. The smallest absolute Gasteiger partial charge is 0.329 e. The minimum atomic E-state index is -3.89. The minimum Gasteiger partial charge on any atom is -0.468 e. The summed E-state index contributed by atoms with van der Waals surface area (Å²) in [5, 5.41) is 8.66. The number of rotatable bonds is 4. The maximum Gasteiger partial charge on any atom is 0.329 e. The number of methoxy groups -OCH3 is 1. The molecule has 0 radical (unpaired) electrons. The molecule has 1 aliphatic carbocycles. The Morgan fingerprint density at radius 3 is 2.86 bits per heavy atom. The summed E-state index contributed by atoms with van der Waals surface area (Å²) < 4.78 is 44.0. The molecule has 2 atom stereocenters. The number of hydrogen-bond acceptors (Lipinski definition) is 5. The number of sulfonamides is 1. The van der Waals surface area contributed by atoms with Crippen molar-refractivity contribution >= 4 is 16.0 Å². The summed E-state index contributed by atoms with van der Waals surface area (Å²) in [5.41, 5.74) is -1.57. The van der Waals surface area contributed by atoms with Crippen LogP contribution in [0.25, 0.3) is 0 Å². The van der Waals surface area contributed by atoms with E-state index in [9.17, 15) is 22.7 Å². The first kappa shape index (κ1) is 16.1. The second kappa shape index (κ2) is 5.86. The average molecular weight is 319 g/mol. The molecule has 8 heteroatoms. The van der Waals surface area contributed by atoms with Crippen molar-refractivity contribution in [2.75, 3.05) is 20.3 Å². The van der Waals surface area contributed by atoms with Crippen LogP contribution >= 0.6 is 0 Å². The van der Waals surface area contributed by atoms with Gasteiger partial charge in [-0.05, 0) is 31.4 Å². The van der Waals surface area contributed by atoms with Crippen LogP contribution in [0.3, 0.4) is 0 Å². The van der Waals surface area contributed by atoms with E-state index in [4.69, 9.17) is 0 Å². The quantitative estimate of drug-likeness (QED) is 0.763. The Labute approximate surface area is 122 Å². The van der Waals surface area contributed by atoms with E-state index in [0.717, 1.165) is 17.5 Å². The molecule has 0 amide bonds. The van der Waals surface area contributed by atoms with Crippen LogP contribution in [0.5, 0.6) is 0 Å². The monoisotopic (exact) mass is 319 g/mol. The molecule has 21 heavy (non-hydrogen) atoms. The highest BCUT2D eigenvalue weighted by Gasteiger charge is 2.54. The van der Waals surface area contributed by atoms with Crippen LogP contribution in [0, 0.1) is 0 Å². The zero-order valence-corrected chi connectivity index (χ0v) is 12.5. The van der Waals surface area contributed by atoms with Crippen molar-refractivity contribution in [3.05, 3.63) is 24.1 Å². The Morgan fingerprint density at radius 1 is 1.62 bits per heavy atom. The van der Waals surface area contributed by atoms with Gasteiger partial charge in [0.2, 0.25) is 10.0 Å². The number of aliphatic hydroxyl groups excluding tert-OH is 1. The van der Waals surface area contributed by atoms with Crippen LogP contribution in [-0.2, 0) is 19.6 Å². The SMILES string of the molecule is COC(=O)[C@]1(CO)CCCN1S(=O)(=O)C1C=CC(F)=CC1. The van der Waals surface area contributed by atoms with Crippen LogP contribution in [0.4, 0.5) is 4.39 Å². The van der Waals surface area contributed by atoms with E-state index in [2.05, 4.69) is 4.74 Å². The van der Waals surface area contributed by atoms with Crippen molar-refractivity contribution < 1.29 is 27.4 Å². The number of carbonyl (C=O) groups excluding carboxylic acids is 1. The van der Waals surface area contributed by atoms with Crippen LogP contribution in [0.2, 0.25) is 0 Å². The largest absolute Gasteiger partial charge is 0.468 e. The van der Waals surface area contributed by atoms with Crippen molar-refractivity contribution in [1.82, 2.24) is 4.31 Å². The van der Waals surface area contributed by atoms with Crippen LogP contribution in [0.15, 0.2) is 24.1 Å². The second-order valence-electron chi connectivity index (χ2n) is 5.12. The highest BCUT2D eigenvalue weighted by Crippen LogP contribution is 2.36. The summed E-state index contributed by atoms with van der Waals surface area (Å²) in [6.45, 7) is -0.506. The summed E-state index contributed by atoms with van der Waals surface area (Å²) in [7, 11) is -2.73. The Bertz CT molecular complexity index is 585. The van der Waals surface area contributed by atoms with Gasteiger partial charge in [0.05, 0.1) is 19.0 Å². The predicted octanol–water partition coefficient (Wildman–Crippen LogP) is 0.498. The molecule has 0 aromatic rings. The fraction of sp³-hybridized carbons (Fsp3) is 0.615. The second-order valence-corrected chi connectivity index (χ2v) is 7.20. The Balaban J connectivity index is 2.35. The Kier molecular flexibility index (Phi) is 4.50. The number of aliphatic hydroxyl groups is 1. The lowest BCUT2D eigenvalue weighted by molar-refractivity contribution is -0.153. The van der Waals surface area contributed by atoms with Gasteiger partial charge in [-0.3, -0.25) is 0 Å². The third kappa shape index (κ3) is 2.63. The third-order valence-corrected chi connectivity index (χ3v) is 6.22. The number of allylic oxidation sites excluding steroid dienone is 3. The van der Waals surface area contributed by atoms with Gasteiger partial charge < -0.3 is 9.84 Å². The van der Waals surface area contributed by atoms with E-state index in [0.29, 0.717) is 6.42 Å². The zero-order chi connectivity index (χ0) is 15.7. The lowest BCUT2D eigenvalue weighted by Gasteiger charge is -2.35. The molecule has 1 heterocycles. The van der Waals surface area contributed by atoms with Gasteiger partial charge in [-0.1, -0.05) is 6.08 Å². The first-order valence-corrected chi connectivity index (χ1v) is 8.13. The number of carbonyl (C=O) groups is 1. The molecule has 0 aromatic heterocycles. The fourth-order valence-electron chi connectivity index (χ4n) is 2.80. The van der Waals surface area contributed by atoms with Gasteiger partial charge in [0, 0.05) is 6.54 Å². The summed E-state index contributed by atoms with van der Waals surface area (Å²) in [6, 6.07) is 0. The molecule has 1 saturated heterocycles. The molecule has 2 rings (SSSR count). The number of nitrogens with zero attached hydrogens (tertiary/aromatic N) is 1. The van der Waals surface area contributed by atoms with E-state index < -0.39 is 39.2 Å². The van der Waals surface area contributed by atoms with Gasteiger partial charge in [0.25, 0.3) is 0 Å². The Hall–Kier alpha value is -1.25.